The first-order chi connectivity index (χ1) is 8.26. The minimum Gasteiger partial charge on any atom is -0.377 e. The van der Waals surface area contributed by atoms with Gasteiger partial charge in [0.15, 0.2) is 0 Å². The zero-order valence-corrected chi connectivity index (χ0v) is 11.9. The Hall–Kier alpha value is -0.120. The van der Waals surface area contributed by atoms with Crippen molar-refractivity contribution in [2.45, 2.75) is 58.6 Å². The summed E-state index contributed by atoms with van der Waals surface area (Å²) in [5.41, 5.74) is 0. The van der Waals surface area contributed by atoms with Crippen molar-refractivity contribution in [3.05, 3.63) is 0 Å². The zero-order valence-electron chi connectivity index (χ0n) is 11.9. The molecule has 3 nitrogen and oxygen atoms in total. The van der Waals surface area contributed by atoms with E-state index in [1.54, 1.807) is 0 Å². The van der Waals surface area contributed by atoms with E-state index < -0.39 is 0 Å². The summed E-state index contributed by atoms with van der Waals surface area (Å²) in [6.45, 7) is 12.3. The molecule has 102 valence electrons. The predicted molar refractivity (Wildman–Crippen MR) is 73.5 cm³/mol. The summed E-state index contributed by atoms with van der Waals surface area (Å²) in [6, 6.07) is 0.620. The van der Waals surface area contributed by atoms with E-state index in [0.717, 1.165) is 13.2 Å². The van der Waals surface area contributed by atoms with Gasteiger partial charge in [0.2, 0.25) is 0 Å². The Morgan fingerprint density at radius 3 is 2.71 bits per heavy atom. The molecule has 0 radical (unpaired) electrons. The third kappa shape index (κ3) is 6.39. The molecule has 0 spiro atoms. The smallest absolute Gasteiger partial charge is 0.0700 e. The number of nitrogens with zero attached hydrogens (tertiary/aromatic N) is 1. The summed E-state index contributed by atoms with van der Waals surface area (Å²) in [5, 5.41) is 3.59. The van der Waals surface area contributed by atoms with E-state index in [2.05, 4.69) is 31.0 Å². The molecule has 0 aromatic rings. The third-order valence-electron chi connectivity index (χ3n) is 3.72. The molecule has 1 N–H and O–H groups in total. The van der Waals surface area contributed by atoms with Gasteiger partial charge in [0.1, 0.15) is 0 Å². The van der Waals surface area contributed by atoms with Gasteiger partial charge in [0, 0.05) is 19.2 Å². The van der Waals surface area contributed by atoms with Gasteiger partial charge in [-0.3, -0.25) is 0 Å². The van der Waals surface area contributed by atoms with Gasteiger partial charge >= 0.3 is 0 Å². The molecule has 3 heteroatoms. The molecule has 1 aliphatic rings. The molecule has 0 saturated carbocycles. The van der Waals surface area contributed by atoms with Crippen LogP contribution in [0, 0.1) is 0 Å². The van der Waals surface area contributed by atoms with Crippen molar-refractivity contribution in [2.24, 2.45) is 0 Å². The Labute approximate surface area is 107 Å². The maximum absolute atomic E-state index is 5.61. The van der Waals surface area contributed by atoms with Crippen LogP contribution < -0.4 is 5.32 Å². The number of ether oxygens (including phenoxy) is 1. The average Bonchev–Trinajstić information content (AvgIpc) is 2.85. The van der Waals surface area contributed by atoms with Crippen molar-refractivity contribution < 1.29 is 4.74 Å². The molecule has 1 aliphatic heterocycles. The fourth-order valence-electron chi connectivity index (χ4n) is 2.40. The molecule has 0 amide bonds. The van der Waals surface area contributed by atoms with Crippen LogP contribution in [0.15, 0.2) is 0 Å². The van der Waals surface area contributed by atoms with Crippen LogP contribution in [0.5, 0.6) is 0 Å². The maximum Gasteiger partial charge on any atom is 0.0700 e. The topological polar surface area (TPSA) is 24.5 Å². The van der Waals surface area contributed by atoms with Gasteiger partial charge in [0.05, 0.1) is 6.10 Å². The van der Waals surface area contributed by atoms with Gasteiger partial charge in [-0.05, 0) is 52.2 Å². The van der Waals surface area contributed by atoms with Gasteiger partial charge in [0.25, 0.3) is 0 Å². The fourth-order valence-corrected chi connectivity index (χ4v) is 2.40. The highest BCUT2D eigenvalue weighted by Crippen LogP contribution is 2.11. The Bertz CT molecular complexity index is 177. The maximum atomic E-state index is 5.61. The van der Waals surface area contributed by atoms with Crippen LogP contribution in [0.1, 0.15) is 46.5 Å². The van der Waals surface area contributed by atoms with Crippen molar-refractivity contribution in [1.82, 2.24) is 10.2 Å². The summed E-state index contributed by atoms with van der Waals surface area (Å²) >= 11 is 0. The van der Waals surface area contributed by atoms with E-state index in [9.17, 15) is 0 Å². The highest BCUT2D eigenvalue weighted by atomic mass is 16.5. The molecular weight excluding hydrogens is 212 g/mol. The number of hydrogen-bond acceptors (Lipinski definition) is 3. The Morgan fingerprint density at radius 2 is 2.12 bits per heavy atom. The van der Waals surface area contributed by atoms with Gasteiger partial charge in [-0.15, -0.1) is 0 Å². The van der Waals surface area contributed by atoms with Crippen molar-refractivity contribution in [3.63, 3.8) is 0 Å². The largest absolute Gasteiger partial charge is 0.377 e. The lowest BCUT2D eigenvalue weighted by molar-refractivity contribution is 0.107. The second-order valence-electron chi connectivity index (χ2n) is 5.11. The van der Waals surface area contributed by atoms with Crippen molar-refractivity contribution in [2.75, 3.05) is 32.8 Å². The minimum atomic E-state index is 0.472. The number of rotatable bonds is 9. The summed E-state index contributed by atoms with van der Waals surface area (Å²) in [6.07, 6.45) is 5.51. The minimum absolute atomic E-state index is 0.472. The monoisotopic (exact) mass is 242 g/mol. The Morgan fingerprint density at radius 1 is 1.35 bits per heavy atom. The lowest BCUT2D eigenvalue weighted by Gasteiger charge is -2.20. The highest BCUT2D eigenvalue weighted by molar-refractivity contribution is 4.70. The highest BCUT2D eigenvalue weighted by Gasteiger charge is 2.15. The van der Waals surface area contributed by atoms with Gasteiger partial charge < -0.3 is 15.0 Å². The van der Waals surface area contributed by atoms with Crippen molar-refractivity contribution in [1.29, 1.82) is 0 Å². The fraction of sp³-hybridized carbons (Fsp3) is 1.00. The van der Waals surface area contributed by atoms with Crippen LogP contribution in [-0.2, 0) is 4.74 Å². The molecular formula is C14H30N2O. The molecule has 17 heavy (non-hydrogen) atoms. The van der Waals surface area contributed by atoms with Crippen LogP contribution in [0.4, 0.5) is 0 Å². The summed E-state index contributed by atoms with van der Waals surface area (Å²) in [5.74, 6) is 0. The van der Waals surface area contributed by atoms with Gasteiger partial charge in [-0.25, -0.2) is 0 Å². The molecule has 0 aliphatic carbocycles. The standard InChI is InChI=1S/C14H30N2O/c1-4-16(5-2)10-6-8-13(3)15-12-14-9-7-11-17-14/h13-15H,4-12H2,1-3H3. The molecule has 1 fully saturated rings. The Kier molecular flexibility index (Phi) is 7.82. The predicted octanol–water partition coefficient (Wildman–Crippen LogP) is 2.27. The molecule has 1 heterocycles. The molecule has 0 aromatic carbocycles. The molecule has 0 bridgehead atoms. The van der Waals surface area contributed by atoms with Crippen LogP contribution >= 0.6 is 0 Å². The third-order valence-corrected chi connectivity index (χ3v) is 3.72. The van der Waals surface area contributed by atoms with Crippen molar-refractivity contribution >= 4 is 0 Å². The summed E-state index contributed by atoms with van der Waals surface area (Å²) in [7, 11) is 0. The molecule has 1 rings (SSSR count). The second kappa shape index (κ2) is 8.90. The Balaban J connectivity index is 1.98. The zero-order chi connectivity index (χ0) is 12.5. The quantitative estimate of drug-likeness (QED) is 0.671. The number of hydrogen-bond donors (Lipinski definition) is 1. The van der Waals surface area contributed by atoms with Crippen LogP contribution in [0.25, 0.3) is 0 Å². The van der Waals surface area contributed by atoms with Crippen molar-refractivity contribution in [3.8, 4) is 0 Å². The van der Waals surface area contributed by atoms with Gasteiger partial charge in [-0.1, -0.05) is 13.8 Å². The van der Waals surface area contributed by atoms with Crippen LogP contribution in [-0.4, -0.2) is 49.8 Å². The second-order valence-corrected chi connectivity index (χ2v) is 5.11. The number of nitrogens with one attached hydrogen (secondary N) is 1. The molecule has 2 atom stereocenters. The van der Waals surface area contributed by atoms with E-state index in [-0.39, 0.29) is 0 Å². The molecule has 0 aromatic heterocycles. The van der Waals surface area contributed by atoms with Gasteiger partial charge in [-0.2, -0.15) is 0 Å². The average molecular weight is 242 g/mol. The molecule has 2 unspecified atom stereocenters. The molecule has 1 saturated heterocycles. The first-order valence-corrected chi connectivity index (χ1v) is 7.33. The van der Waals surface area contributed by atoms with Crippen LogP contribution in [0.2, 0.25) is 0 Å². The van der Waals surface area contributed by atoms with E-state index in [0.29, 0.717) is 12.1 Å². The SMILES string of the molecule is CCN(CC)CCCC(C)NCC1CCCO1. The normalized spacial score (nSPS) is 22.2. The lowest BCUT2D eigenvalue weighted by Crippen LogP contribution is -2.34. The van der Waals surface area contributed by atoms with E-state index in [4.69, 9.17) is 4.74 Å². The van der Waals surface area contributed by atoms with E-state index in [1.807, 2.05) is 0 Å². The first kappa shape index (κ1) is 14.9. The first-order valence-electron chi connectivity index (χ1n) is 7.33. The lowest BCUT2D eigenvalue weighted by atomic mass is 10.1. The van der Waals surface area contributed by atoms with E-state index >= 15 is 0 Å². The van der Waals surface area contributed by atoms with Crippen LogP contribution in [0.3, 0.4) is 0 Å². The van der Waals surface area contributed by atoms with E-state index in [1.165, 1.54) is 45.3 Å². The summed E-state index contributed by atoms with van der Waals surface area (Å²) < 4.78 is 5.61. The summed E-state index contributed by atoms with van der Waals surface area (Å²) in [4.78, 5) is 2.49.